The van der Waals surface area contributed by atoms with Crippen LogP contribution in [-0.4, -0.2) is 31.6 Å². The van der Waals surface area contributed by atoms with Crippen molar-refractivity contribution in [3.05, 3.63) is 11.6 Å². The smallest absolute Gasteiger partial charge is 0.212 e. The number of hydrogen-bond donors (Lipinski definition) is 0. The summed E-state index contributed by atoms with van der Waals surface area (Å²) in [5, 5.41) is 0.182. The fraction of sp³-hybridized carbons (Fsp3) is 0.714. The van der Waals surface area contributed by atoms with E-state index in [1.165, 1.54) is 4.31 Å². The molecule has 3 nitrogen and oxygen atoms in total. The zero-order valence-corrected chi connectivity index (χ0v) is 8.36. The lowest BCUT2D eigenvalue weighted by atomic mass is 10.4. The number of hydrogen-bond acceptors (Lipinski definition) is 2. The van der Waals surface area contributed by atoms with E-state index in [-0.39, 0.29) is 10.8 Å². The maximum Gasteiger partial charge on any atom is 0.219 e. The molecule has 0 unspecified atom stereocenters. The lowest BCUT2D eigenvalue weighted by Gasteiger charge is -2.14. The van der Waals surface area contributed by atoms with Crippen molar-refractivity contribution in [1.82, 2.24) is 4.31 Å². The molecule has 1 fully saturated rings. The minimum Gasteiger partial charge on any atom is -0.212 e. The molecular formula is C7H12ClNO2S. The zero-order valence-electron chi connectivity index (χ0n) is 6.79. The zero-order chi connectivity index (χ0) is 9.19. The Morgan fingerprint density at radius 3 is 2.33 bits per heavy atom. The number of rotatable bonds is 3. The van der Waals surface area contributed by atoms with Crippen molar-refractivity contribution < 1.29 is 8.42 Å². The summed E-state index contributed by atoms with van der Waals surface area (Å²) in [6.45, 7) is 4.63. The Kier molecular flexibility index (Phi) is 3.15. The molecule has 0 radical (unpaired) electrons. The molecule has 0 aromatic carbocycles. The van der Waals surface area contributed by atoms with E-state index < -0.39 is 10.0 Å². The van der Waals surface area contributed by atoms with E-state index in [2.05, 4.69) is 6.58 Å². The van der Waals surface area contributed by atoms with Crippen molar-refractivity contribution in [2.45, 2.75) is 12.8 Å². The molecule has 0 saturated carbocycles. The molecule has 70 valence electrons. The molecule has 1 aliphatic heterocycles. The van der Waals surface area contributed by atoms with Crippen LogP contribution in [0.1, 0.15) is 12.8 Å². The van der Waals surface area contributed by atoms with Crippen LogP contribution in [0.3, 0.4) is 0 Å². The molecule has 0 N–H and O–H groups in total. The maximum absolute atomic E-state index is 11.4. The van der Waals surface area contributed by atoms with Crippen molar-refractivity contribution in [2.24, 2.45) is 0 Å². The Morgan fingerprint density at radius 1 is 1.42 bits per heavy atom. The lowest BCUT2D eigenvalue weighted by molar-refractivity contribution is 0.480. The minimum atomic E-state index is -3.16. The average Bonchev–Trinajstić information content (AvgIpc) is 2.32. The van der Waals surface area contributed by atoms with Gasteiger partial charge in [0, 0.05) is 18.1 Å². The standard InChI is InChI=1S/C7H12ClNO2S/c1-7(8)6-12(10,11)9-4-2-3-5-9/h1-6H2. The molecule has 1 heterocycles. The second kappa shape index (κ2) is 3.77. The largest absolute Gasteiger partial charge is 0.219 e. The summed E-state index contributed by atoms with van der Waals surface area (Å²) in [6.07, 6.45) is 1.90. The minimum absolute atomic E-state index is 0.130. The van der Waals surface area contributed by atoms with Gasteiger partial charge in [-0.05, 0) is 12.8 Å². The van der Waals surface area contributed by atoms with Gasteiger partial charge in [-0.15, -0.1) is 0 Å². The summed E-state index contributed by atoms with van der Waals surface area (Å²) in [5.74, 6) is -0.130. The summed E-state index contributed by atoms with van der Waals surface area (Å²) < 4.78 is 24.3. The van der Waals surface area contributed by atoms with Crippen LogP contribution < -0.4 is 0 Å². The van der Waals surface area contributed by atoms with E-state index in [1.54, 1.807) is 0 Å². The Bertz CT molecular complexity index is 267. The first-order valence-corrected chi connectivity index (χ1v) is 5.82. The summed E-state index contributed by atoms with van der Waals surface area (Å²) in [6, 6.07) is 0. The van der Waals surface area contributed by atoms with Crippen molar-refractivity contribution in [1.29, 1.82) is 0 Å². The molecule has 0 aromatic rings. The number of sulfonamides is 1. The topological polar surface area (TPSA) is 37.4 Å². The summed E-state index contributed by atoms with van der Waals surface area (Å²) in [7, 11) is -3.16. The molecular weight excluding hydrogens is 198 g/mol. The predicted molar refractivity (Wildman–Crippen MR) is 49.6 cm³/mol. The molecule has 12 heavy (non-hydrogen) atoms. The van der Waals surface area contributed by atoms with Crippen molar-refractivity contribution >= 4 is 21.6 Å². The Hall–Kier alpha value is -0.0600. The van der Waals surface area contributed by atoms with Crippen LogP contribution in [0, 0.1) is 0 Å². The van der Waals surface area contributed by atoms with Gasteiger partial charge in [0.15, 0.2) is 0 Å². The molecule has 0 spiro atoms. The van der Waals surface area contributed by atoms with E-state index in [0.717, 1.165) is 12.8 Å². The molecule has 0 aliphatic carbocycles. The predicted octanol–water partition coefficient (Wildman–Crippen LogP) is 1.16. The first-order valence-electron chi connectivity index (χ1n) is 3.83. The summed E-state index contributed by atoms with van der Waals surface area (Å²) >= 11 is 5.44. The Labute approximate surface area is 78.1 Å². The average molecular weight is 210 g/mol. The number of nitrogens with zero attached hydrogens (tertiary/aromatic N) is 1. The highest BCUT2D eigenvalue weighted by Crippen LogP contribution is 2.15. The van der Waals surface area contributed by atoms with E-state index in [0.29, 0.717) is 13.1 Å². The highest BCUT2D eigenvalue weighted by Gasteiger charge is 2.25. The molecule has 0 amide bonds. The highest BCUT2D eigenvalue weighted by atomic mass is 35.5. The van der Waals surface area contributed by atoms with Crippen LogP contribution in [-0.2, 0) is 10.0 Å². The van der Waals surface area contributed by atoms with Crippen LogP contribution in [0.5, 0.6) is 0 Å². The van der Waals surface area contributed by atoms with Crippen molar-refractivity contribution in [2.75, 3.05) is 18.8 Å². The third-order valence-corrected chi connectivity index (χ3v) is 3.95. The van der Waals surface area contributed by atoms with Crippen molar-refractivity contribution in [3.63, 3.8) is 0 Å². The first-order chi connectivity index (χ1) is 5.52. The fourth-order valence-electron chi connectivity index (χ4n) is 1.26. The van der Waals surface area contributed by atoms with Crippen molar-refractivity contribution in [3.8, 4) is 0 Å². The second-order valence-electron chi connectivity index (χ2n) is 2.88. The first kappa shape index (κ1) is 10.0. The third kappa shape index (κ3) is 2.47. The van der Waals surface area contributed by atoms with Gasteiger partial charge in [-0.3, -0.25) is 0 Å². The van der Waals surface area contributed by atoms with Gasteiger partial charge in [0.25, 0.3) is 0 Å². The molecule has 0 aromatic heterocycles. The SMILES string of the molecule is C=C(Cl)CS(=O)(=O)N1CCCC1. The maximum atomic E-state index is 11.4. The van der Waals surface area contributed by atoms with Crippen LogP contribution in [0.15, 0.2) is 11.6 Å². The fourth-order valence-corrected chi connectivity index (χ4v) is 3.06. The summed E-state index contributed by atoms with van der Waals surface area (Å²) in [4.78, 5) is 0. The molecule has 0 bridgehead atoms. The Balaban J connectivity index is 2.64. The van der Waals surface area contributed by atoms with E-state index >= 15 is 0 Å². The van der Waals surface area contributed by atoms with E-state index in [1.807, 2.05) is 0 Å². The van der Waals surface area contributed by atoms with Crippen LogP contribution in [0.25, 0.3) is 0 Å². The second-order valence-corrected chi connectivity index (χ2v) is 5.38. The molecule has 1 saturated heterocycles. The Morgan fingerprint density at radius 2 is 1.92 bits per heavy atom. The van der Waals surface area contributed by atoms with Gasteiger partial charge in [-0.25, -0.2) is 12.7 Å². The van der Waals surface area contributed by atoms with E-state index in [4.69, 9.17) is 11.6 Å². The van der Waals surface area contributed by atoms with Gasteiger partial charge < -0.3 is 0 Å². The monoisotopic (exact) mass is 209 g/mol. The molecule has 1 aliphatic rings. The number of halogens is 1. The van der Waals surface area contributed by atoms with Gasteiger partial charge in [-0.2, -0.15) is 0 Å². The van der Waals surface area contributed by atoms with Gasteiger partial charge >= 0.3 is 0 Å². The third-order valence-electron chi connectivity index (χ3n) is 1.80. The highest BCUT2D eigenvalue weighted by molar-refractivity contribution is 7.89. The lowest BCUT2D eigenvalue weighted by Crippen LogP contribution is -2.30. The summed E-state index contributed by atoms with van der Waals surface area (Å²) in [5.41, 5.74) is 0. The van der Waals surface area contributed by atoms with Gasteiger partial charge in [0.2, 0.25) is 10.0 Å². The van der Waals surface area contributed by atoms with Gasteiger partial charge in [-0.1, -0.05) is 18.2 Å². The quantitative estimate of drug-likeness (QED) is 0.700. The van der Waals surface area contributed by atoms with Gasteiger partial charge in [0.1, 0.15) is 0 Å². The van der Waals surface area contributed by atoms with Crippen LogP contribution in [0.4, 0.5) is 0 Å². The van der Waals surface area contributed by atoms with Gasteiger partial charge in [0.05, 0.1) is 5.75 Å². The van der Waals surface area contributed by atoms with E-state index in [9.17, 15) is 8.42 Å². The molecule has 0 atom stereocenters. The normalized spacial score (nSPS) is 19.8. The molecule has 5 heteroatoms. The van der Waals surface area contributed by atoms with Crippen LogP contribution >= 0.6 is 11.6 Å². The molecule has 1 rings (SSSR count). The van der Waals surface area contributed by atoms with Crippen LogP contribution in [0.2, 0.25) is 0 Å².